The van der Waals surface area contributed by atoms with Gasteiger partial charge in [0.25, 0.3) is 0 Å². The predicted octanol–water partition coefficient (Wildman–Crippen LogP) is 3.33. The van der Waals surface area contributed by atoms with Gasteiger partial charge in [0.15, 0.2) is 0 Å². The van der Waals surface area contributed by atoms with Crippen LogP contribution in [-0.2, 0) is 0 Å². The van der Waals surface area contributed by atoms with Crippen LogP contribution in [0.4, 0.5) is 11.6 Å². The lowest BCUT2D eigenvalue weighted by Gasteiger charge is -2.06. The maximum atomic E-state index is 5.26. The molecule has 5 heteroatoms. The smallest absolute Gasteiger partial charge is 0.246 e. The Hall–Kier alpha value is -2.82. The summed E-state index contributed by atoms with van der Waals surface area (Å²) in [6, 6.07) is 15.8. The summed E-state index contributed by atoms with van der Waals surface area (Å²) < 4.78 is 6.99. The number of rotatable bonds is 4. The van der Waals surface area contributed by atoms with E-state index in [1.54, 1.807) is 18.1 Å². The first-order valence-electron chi connectivity index (χ1n) is 6.64. The highest BCUT2D eigenvalue weighted by Gasteiger charge is 2.04. The number of nitrogens with one attached hydrogen (secondary N) is 1. The van der Waals surface area contributed by atoms with E-state index >= 15 is 0 Å². The Balaban J connectivity index is 1.83. The number of hydrogen-bond acceptors (Lipinski definition) is 4. The lowest BCUT2D eigenvalue weighted by Crippen LogP contribution is -1.97. The van der Waals surface area contributed by atoms with Gasteiger partial charge in [0.05, 0.1) is 12.8 Å². The quantitative estimate of drug-likeness (QED) is 0.796. The number of methoxy groups -OCH3 is 1. The van der Waals surface area contributed by atoms with Gasteiger partial charge in [0.2, 0.25) is 5.95 Å². The van der Waals surface area contributed by atoms with Crippen molar-refractivity contribution in [2.75, 3.05) is 12.4 Å². The normalized spacial score (nSPS) is 10.4. The third-order valence-corrected chi connectivity index (χ3v) is 3.06. The molecule has 1 aromatic heterocycles. The van der Waals surface area contributed by atoms with E-state index in [0.29, 0.717) is 5.95 Å². The topological polar surface area (TPSA) is 52.0 Å². The third kappa shape index (κ3) is 3.02. The fraction of sp³-hybridized carbons (Fsp3) is 0.125. The molecule has 3 rings (SSSR count). The van der Waals surface area contributed by atoms with Gasteiger partial charge < -0.3 is 10.1 Å². The van der Waals surface area contributed by atoms with Gasteiger partial charge >= 0.3 is 0 Å². The van der Waals surface area contributed by atoms with E-state index in [1.165, 1.54) is 0 Å². The fourth-order valence-electron chi connectivity index (χ4n) is 2.09. The molecule has 0 unspecified atom stereocenters. The van der Waals surface area contributed by atoms with Crippen LogP contribution in [0.2, 0.25) is 0 Å². The second kappa shape index (κ2) is 5.66. The summed E-state index contributed by atoms with van der Waals surface area (Å²) in [5.74, 6) is 1.35. The molecule has 0 aliphatic rings. The van der Waals surface area contributed by atoms with E-state index in [4.69, 9.17) is 4.74 Å². The SMILES string of the molecule is COc1cc(C)cc(Nc2ncn(-c3ccccc3)n2)c1. The molecule has 0 radical (unpaired) electrons. The van der Waals surface area contributed by atoms with Gasteiger partial charge in [-0.25, -0.2) is 4.68 Å². The zero-order valence-electron chi connectivity index (χ0n) is 11.9. The Morgan fingerprint density at radius 2 is 1.90 bits per heavy atom. The van der Waals surface area contributed by atoms with Gasteiger partial charge in [-0.3, -0.25) is 0 Å². The number of nitrogens with zero attached hydrogens (tertiary/aromatic N) is 3. The standard InChI is InChI=1S/C16H16N4O/c1-12-8-13(10-15(9-12)21-2)18-16-17-11-20(19-16)14-6-4-3-5-7-14/h3-11H,1-2H3,(H,18,19). The first-order valence-corrected chi connectivity index (χ1v) is 6.64. The Bertz CT molecular complexity index is 737. The van der Waals surface area contributed by atoms with Crippen molar-refractivity contribution in [3.05, 3.63) is 60.4 Å². The minimum Gasteiger partial charge on any atom is -0.497 e. The molecule has 0 saturated carbocycles. The maximum Gasteiger partial charge on any atom is 0.246 e. The molecule has 2 aromatic carbocycles. The molecule has 0 amide bonds. The van der Waals surface area contributed by atoms with Crippen molar-refractivity contribution in [1.82, 2.24) is 14.8 Å². The summed E-state index contributed by atoms with van der Waals surface area (Å²) >= 11 is 0. The monoisotopic (exact) mass is 280 g/mol. The Kier molecular flexibility index (Phi) is 3.55. The van der Waals surface area contributed by atoms with E-state index in [2.05, 4.69) is 15.4 Å². The number of ether oxygens (including phenoxy) is 1. The molecule has 3 aromatic rings. The van der Waals surface area contributed by atoms with Crippen LogP contribution in [-0.4, -0.2) is 21.9 Å². The molecule has 106 valence electrons. The van der Waals surface area contributed by atoms with Crippen LogP contribution in [0.25, 0.3) is 5.69 Å². The van der Waals surface area contributed by atoms with Crippen molar-refractivity contribution < 1.29 is 4.74 Å². The molecule has 5 nitrogen and oxygen atoms in total. The lowest BCUT2D eigenvalue weighted by molar-refractivity contribution is 0.414. The largest absolute Gasteiger partial charge is 0.497 e. The van der Waals surface area contributed by atoms with Crippen molar-refractivity contribution in [1.29, 1.82) is 0 Å². The number of anilines is 2. The second-order valence-corrected chi connectivity index (χ2v) is 4.71. The Morgan fingerprint density at radius 1 is 1.10 bits per heavy atom. The molecule has 0 aliphatic heterocycles. The molecule has 0 spiro atoms. The Labute approximate surface area is 123 Å². The van der Waals surface area contributed by atoms with E-state index in [0.717, 1.165) is 22.7 Å². The molecule has 0 aliphatic carbocycles. The second-order valence-electron chi connectivity index (χ2n) is 4.71. The average Bonchev–Trinajstić information content (AvgIpc) is 2.96. The molecule has 0 atom stereocenters. The summed E-state index contributed by atoms with van der Waals surface area (Å²) in [6.07, 6.45) is 1.69. The summed E-state index contributed by atoms with van der Waals surface area (Å²) in [7, 11) is 1.65. The van der Waals surface area contributed by atoms with E-state index in [1.807, 2.05) is 55.5 Å². The number of aryl methyl sites for hydroxylation is 1. The minimum atomic E-state index is 0.548. The summed E-state index contributed by atoms with van der Waals surface area (Å²) in [5.41, 5.74) is 2.98. The number of hydrogen-bond donors (Lipinski definition) is 1. The van der Waals surface area contributed by atoms with Crippen LogP contribution in [0.1, 0.15) is 5.56 Å². The van der Waals surface area contributed by atoms with Crippen molar-refractivity contribution in [2.24, 2.45) is 0 Å². The van der Waals surface area contributed by atoms with Crippen molar-refractivity contribution in [3.8, 4) is 11.4 Å². The molecule has 1 heterocycles. The molecular formula is C16H16N4O. The first kappa shape index (κ1) is 13.2. The average molecular weight is 280 g/mol. The van der Waals surface area contributed by atoms with E-state index in [9.17, 15) is 0 Å². The van der Waals surface area contributed by atoms with Gasteiger partial charge in [0.1, 0.15) is 12.1 Å². The Morgan fingerprint density at radius 3 is 2.67 bits per heavy atom. The molecule has 21 heavy (non-hydrogen) atoms. The van der Waals surface area contributed by atoms with Crippen LogP contribution >= 0.6 is 0 Å². The van der Waals surface area contributed by atoms with Crippen LogP contribution in [0.15, 0.2) is 54.9 Å². The van der Waals surface area contributed by atoms with Crippen LogP contribution in [0, 0.1) is 6.92 Å². The van der Waals surface area contributed by atoms with Gasteiger partial charge in [-0.05, 0) is 36.8 Å². The molecule has 0 fully saturated rings. The van der Waals surface area contributed by atoms with Gasteiger partial charge in [-0.2, -0.15) is 4.98 Å². The van der Waals surface area contributed by atoms with Crippen molar-refractivity contribution in [2.45, 2.75) is 6.92 Å². The molecular weight excluding hydrogens is 264 g/mol. The van der Waals surface area contributed by atoms with E-state index in [-0.39, 0.29) is 0 Å². The minimum absolute atomic E-state index is 0.548. The highest BCUT2D eigenvalue weighted by molar-refractivity contribution is 5.57. The maximum absolute atomic E-state index is 5.26. The number of para-hydroxylation sites is 1. The zero-order valence-corrected chi connectivity index (χ0v) is 11.9. The highest BCUT2D eigenvalue weighted by Crippen LogP contribution is 2.22. The lowest BCUT2D eigenvalue weighted by atomic mass is 10.2. The van der Waals surface area contributed by atoms with Gasteiger partial charge in [0, 0.05) is 11.8 Å². The fourth-order valence-corrected chi connectivity index (χ4v) is 2.09. The first-order chi connectivity index (χ1) is 10.2. The van der Waals surface area contributed by atoms with E-state index < -0.39 is 0 Å². The molecule has 1 N–H and O–H groups in total. The highest BCUT2D eigenvalue weighted by atomic mass is 16.5. The van der Waals surface area contributed by atoms with Crippen molar-refractivity contribution in [3.63, 3.8) is 0 Å². The molecule has 0 bridgehead atoms. The summed E-state index contributed by atoms with van der Waals surface area (Å²) in [6.45, 7) is 2.02. The number of benzene rings is 2. The summed E-state index contributed by atoms with van der Waals surface area (Å²) in [4.78, 5) is 4.27. The van der Waals surface area contributed by atoms with Crippen LogP contribution < -0.4 is 10.1 Å². The van der Waals surface area contributed by atoms with Gasteiger partial charge in [-0.15, -0.1) is 5.10 Å². The predicted molar refractivity (Wildman–Crippen MR) is 82.4 cm³/mol. The zero-order chi connectivity index (χ0) is 14.7. The third-order valence-electron chi connectivity index (χ3n) is 3.06. The van der Waals surface area contributed by atoms with Gasteiger partial charge in [-0.1, -0.05) is 18.2 Å². The summed E-state index contributed by atoms with van der Waals surface area (Å²) in [5, 5.41) is 7.60. The number of aromatic nitrogens is 3. The van der Waals surface area contributed by atoms with Crippen molar-refractivity contribution >= 4 is 11.6 Å². The van der Waals surface area contributed by atoms with Crippen LogP contribution in [0.5, 0.6) is 5.75 Å². The van der Waals surface area contributed by atoms with Crippen LogP contribution in [0.3, 0.4) is 0 Å². The molecule has 0 saturated heterocycles.